The first kappa shape index (κ1) is 18.1. The first-order valence-corrected chi connectivity index (χ1v) is 9.27. The first-order valence-electron chi connectivity index (χ1n) is 8.52. The molecule has 3 rings (SSSR count). The van der Waals surface area contributed by atoms with Crippen LogP contribution < -0.4 is 10.1 Å². The Morgan fingerprint density at radius 1 is 1.20 bits per heavy atom. The molecular weight excluding hydrogens is 357 g/mol. The summed E-state index contributed by atoms with van der Waals surface area (Å²) >= 11 is 12.1. The zero-order valence-corrected chi connectivity index (χ0v) is 15.8. The molecule has 1 heterocycles. The van der Waals surface area contributed by atoms with Gasteiger partial charge in [-0.1, -0.05) is 55.2 Å². The molecule has 3 nitrogen and oxygen atoms in total. The van der Waals surface area contributed by atoms with Crippen LogP contribution in [0.3, 0.4) is 0 Å². The van der Waals surface area contributed by atoms with Crippen molar-refractivity contribution < 1.29 is 9.53 Å². The molecule has 0 radical (unpaired) electrons. The lowest BCUT2D eigenvalue weighted by Crippen LogP contribution is -2.44. The van der Waals surface area contributed by atoms with Crippen LogP contribution in [0.4, 0.5) is 0 Å². The number of benzene rings is 2. The molecule has 0 spiro atoms. The van der Waals surface area contributed by atoms with E-state index in [1.54, 1.807) is 18.2 Å². The number of fused-ring (bicyclic) bond motifs is 1. The summed E-state index contributed by atoms with van der Waals surface area (Å²) in [4.78, 5) is 12.8. The number of hydrogen-bond acceptors (Lipinski definition) is 2. The van der Waals surface area contributed by atoms with Crippen LogP contribution >= 0.6 is 23.2 Å². The maximum absolute atomic E-state index is 12.8. The van der Waals surface area contributed by atoms with Crippen molar-refractivity contribution in [1.82, 2.24) is 5.32 Å². The minimum atomic E-state index is -0.268. The van der Waals surface area contributed by atoms with Crippen LogP contribution in [0.5, 0.6) is 5.75 Å². The Morgan fingerprint density at radius 3 is 2.60 bits per heavy atom. The van der Waals surface area contributed by atoms with Gasteiger partial charge in [0.15, 0.2) is 0 Å². The van der Waals surface area contributed by atoms with Crippen LogP contribution in [0.15, 0.2) is 42.5 Å². The first-order chi connectivity index (χ1) is 12.0. The Kier molecular flexibility index (Phi) is 5.26. The Balaban J connectivity index is 1.91. The van der Waals surface area contributed by atoms with Gasteiger partial charge in [0, 0.05) is 17.0 Å². The smallest absolute Gasteiger partial charge is 0.253 e. The van der Waals surface area contributed by atoms with Crippen LogP contribution in [0.1, 0.15) is 55.1 Å². The highest BCUT2D eigenvalue weighted by molar-refractivity contribution is 6.36. The molecule has 1 amide bonds. The number of para-hydroxylation sites is 1. The molecular formula is C20H21Cl2NO2. The highest BCUT2D eigenvalue weighted by Crippen LogP contribution is 2.42. The molecule has 2 aromatic carbocycles. The molecule has 1 aliphatic rings. The van der Waals surface area contributed by atoms with Gasteiger partial charge in [0.05, 0.1) is 16.6 Å². The second-order valence-corrected chi connectivity index (χ2v) is 7.23. The van der Waals surface area contributed by atoms with E-state index in [9.17, 15) is 4.79 Å². The highest BCUT2D eigenvalue weighted by atomic mass is 35.5. The third kappa shape index (κ3) is 3.63. The number of rotatable bonds is 4. The summed E-state index contributed by atoms with van der Waals surface area (Å²) in [6, 6.07) is 12.7. The number of hydrogen-bond donors (Lipinski definition) is 1. The maximum atomic E-state index is 12.8. The van der Waals surface area contributed by atoms with E-state index in [4.69, 9.17) is 27.9 Å². The average Bonchev–Trinajstić information content (AvgIpc) is 2.61. The van der Waals surface area contributed by atoms with Crippen molar-refractivity contribution in [2.75, 3.05) is 0 Å². The van der Waals surface area contributed by atoms with Gasteiger partial charge in [-0.2, -0.15) is 0 Å². The number of carbonyl (C=O) groups excluding carboxylic acids is 1. The van der Waals surface area contributed by atoms with Gasteiger partial charge in [-0.25, -0.2) is 0 Å². The summed E-state index contributed by atoms with van der Waals surface area (Å²) in [6.07, 6.45) is 2.49. The maximum Gasteiger partial charge on any atom is 0.253 e. The molecule has 0 fully saturated rings. The molecule has 1 N–H and O–H groups in total. The number of nitrogens with one attached hydrogen (secondary N) is 1. The van der Waals surface area contributed by atoms with Crippen molar-refractivity contribution in [2.45, 2.75) is 44.8 Å². The minimum Gasteiger partial charge on any atom is -0.487 e. The zero-order chi connectivity index (χ0) is 18.0. The van der Waals surface area contributed by atoms with Gasteiger partial charge >= 0.3 is 0 Å². The Labute approximate surface area is 158 Å². The zero-order valence-electron chi connectivity index (χ0n) is 14.3. The van der Waals surface area contributed by atoms with E-state index in [1.165, 1.54) is 0 Å². The lowest BCUT2D eigenvalue weighted by molar-refractivity contribution is 0.0227. The average molecular weight is 378 g/mol. The summed E-state index contributed by atoms with van der Waals surface area (Å²) in [6.45, 7) is 4.23. The minimum absolute atomic E-state index is 0.121. The molecule has 0 aliphatic carbocycles. The van der Waals surface area contributed by atoms with Gasteiger partial charge in [0.1, 0.15) is 11.4 Å². The van der Waals surface area contributed by atoms with E-state index in [0.29, 0.717) is 15.6 Å². The summed E-state index contributed by atoms with van der Waals surface area (Å²) in [7, 11) is 0. The molecule has 0 aromatic heterocycles. The predicted octanol–water partition coefficient (Wildman–Crippen LogP) is 5.81. The fraction of sp³-hybridized carbons (Fsp3) is 0.350. The number of ether oxygens (including phenoxy) is 1. The monoisotopic (exact) mass is 377 g/mol. The van der Waals surface area contributed by atoms with Crippen molar-refractivity contribution in [3.8, 4) is 5.75 Å². The Bertz CT molecular complexity index is 787. The second kappa shape index (κ2) is 7.27. The van der Waals surface area contributed by atoms with E-state index in [1.807, 2.05) is 24.3 Å². The van der Waals surface area contributed by atoms with E-state index in [-0.39, 0.29) is 17.6 Å². The molecule has 1 unspecified atom stereocenters. The molecule has 25 heavy (non-hydrogen) atoms. The van der Waals surface area contributed by atoms with Crippen LogP contribution in [0, 0.1) is 0 Å². The lowest BCUT2D eigenvalue weighted by Gasteiger charge is -2.41. The van der Waals surface area contributed by atoms with E-state index >= 15 is 0 Å². The molecule has 0 bridgehead atoms. The van der Waals surface area contributed by atoms with Crippen molar-refractivity contribution >= 4 is 29.1 Å². The highest BCUT2D eigenvalue weighted by Gasteiger charge is 2.39. The number of amides is 1. The van der Waals surface area contributed by atoms with Crippen LogP contribution in [-0.2, 0) is 0 Å². The third-order valence-electron chi connectivity index (χ3n) is 4.97. The van der Waals surface area contributed by atoms with Crippen LogP contribution in [0.25, 0.3) is 0 Å². The van der Waals surface area contributed by atoms with Gasteiger partial charge in [-0.05, 0) is 37.1 Å². The SMILES string of the molecule is CCC1(CC)CC(NC(=O)c2ccc(Cl)cc2Cl)c2ccccc2O1. The summed E-state index contributed by atoms with van der Waals surface area (Å²) < 4.78 is 6.28. The third-order valence-corrected chi connectivity index (χ3v) is 5.51. The fourth-order valence-electron chi connectivity index (χ4n) is 3.34. The predicted molar refractivity (Wildman–Crippen MR) is 102 cm³/mol. The van der Waals surface area contributed by atoms with Crippen molar-refractivity contribution in [3.63, 3.8) is 0 Å². The Morgan fingerprint density at radius 2 is 1.92 bits per heavy atom. The molecule has 2 aromatic rings. The van der Waals surface area contributed by atoms with E-state index < -0.39 is 0 Å². The summed E-state index contributed by atoms with van der Waals surface area (Å²) in [5, 5.41) is 3.99. The van der Waals surface area contributed by atoms with Crippen LogP contribution in [0.2, 0.25) is 10.0 Å². The molecule has 5 heteroatoms. The lowest BCUT2D eigenvalue weighted by atomic mass is 9.83. The normalized spacial score (nSPS) is 18.2. The van der Waals surface area contributed by atoms with E-state index in [0.717, 1.165) is 30.6 Å². The standard InChI is InChI=1S/C20H21Cl2NO2/c1-3-20(4-2)12-17(15-7-5-6-8-18(15)25-20)23-19(24)14-10-9-13(21)11-16(14)22/h5-11,17H,3-4,12H2,1-2H3,(H,23,24). The van der Waals surface area contributed by atoms with Gasteiger partial charge in [-0.15, -0.1) is 0 Å². The largest absolute Gasteiger partial charge is 0.487 e. The quantitative estimate of drug-likeness (QED) is 0.730. The van der Waals surface area contributed by atoms with Crippen LogP contribution in [-0.4, -0.2) is 11.5 Å². The second-order valence-electron chi connectivity index (χ2n) is 6.38. The summed E-state index contributed by atoms with van der Waals surface area (Å²) in [5.74, 6) is 0.634. The van der Waals surface area contributed by atoms with Crippen molar-refractivity contribution in [2.24, 2.45) is 0 Å². The topological polar surface area (TPSA) is 38.3 Å². The van der Waals surface area contributed by atoms with Gasteiger partial charge in [0.25, 0.3) is 5.91 Å². The summed E-state index contributed by atoms with van der Waals surface area (Å²) in [5.41, 5.74) is 1.16. The van der Waals surface area contributed by atoms with Crippen molar-refractivity contribution in [1.29, 1.82) is 0 Å². The fourth-order valence-corrected chi connectivity index (χ4v) is 3.83. The molecule has 1 aliphatic heterocycles. The molecule has 0 saturated carbocycles. The van der Waals surface area contributed by atoms with Gasteiger partial charge < -0.3 is 10.1 Å². The number of halogens is 2. The molecule has 1 atom stereocenters. The van der Waals surface area contributed by atoms with E-state index in [2.05, 4.69) is 19.2 Å². The molecule has 132 valence electrons. The molecule has 0 saturated heterocycles. The van der Waals surface area contributed by atoms with Gasteiger partial charge in [0.2, 0.25) is 0 Å². The Hall–Kier alpha value is -1.71. The van der Waals surface area contributed by atoms with Gasteiger partial charge in [-0.3, -0.25) is 4.79 Å². The van der Waals surface area contributed by atoms with Crippen molar-refractivity contribution in [3.05, 3.63) is 63.6 Å². The number of carbonyl (C=O) groups is 1.